The minimum Gasteiger partial charge on any atom is -0.383 e. The number of hydrogen-bond donors (Lipinski definition) is 1. The first kappa shape index (κ1) is 14.1. The number of methoxy groups -OCH3 is 1. The summed E-state index contributed by atoms with van der Waals surface area (Å²) in [6.07, 6.45) is 2.70. The van der Waals surface area contributed by atoms with Gasteiger partial charge in [-0.05, 0) is 44.5 Å². The Morgan fingerprint density at radius 2 is 2.11 bits per heavy atom. The van der Waals surface area contributed by atoms with Crippen LogP contribution < -0.4 is 5.32 Å². The van der Waals surface area contributed by atoms with Crippen LogP contribution in [0.1, 0.15) is 20.3 Å². The zero-order valence-electron chi connectivity index (χ0n) is 11.5. The molecule has 0 amide bonds. The lowest BCUT2D eigenvalue weighted by Gasteiger charge is -2.23. The quantitative estimate of drug-likeness (QED) is 0.893. The van der Waals surface area contributed by atoms with Gasteiger partial charge in [-0.25, -0.2) is 0 Å². The van der Waals surface area contributed by atoms with Crippen molar-refractivity contribution >= 4 is 28.2 Å². The maximum atomic E-state index is 6.17. The predicted molar refractivity (Wildman–Crippen MR) is 80.9 cm³/mol. The minimum absolute atomic E-state index is 0.122. The highest BCUT2D eigenvalue weighted by Gasteiger charge is 2.15. The molecule has 0 aliphatic heterocycles. The Hall–Kier alpha value is -1.32. The third kappa shape index (κ3) is 3.37. The van der Waals surface area contributed by atoms with E-state index in [4.69, 9.17) is 16.3 Å². The average molecular weight is 279 g/mol. The predicted octanol–water partition coefficient (Wildman–Crippen LogP) is 4.12. The summed E-state index contributed by atoms with van der Waals surface area (Å²) in [7, 11) is 1.74. The Morgan fingerprint density at radius 1 is 1.32 bits per heavy atom. The van der Waals surface area contributed by atoms with Gasteiger partial charge in [0.15, 0.2) is 0 Å². The largest absolute Gasteiger partial charge is 0.383 e. The molecule has 1 heterocycles. The Bertz CT molecular complexity index is 569. The van der Waals surface area contributed by atoms with Gasteiger partial charge in [0, 0.05) is 25.2 Å². The van der Waals surface area contributed by atoms with E-state index < -0.39 is 0 Å². The van der Waals surface area contributed by atoms with Crippen molar-refractivity contribution in [2.45, 2.75) is 25.9 Å². The highest BCUT2D eigenvalue weighted by atomic mass is 35.5. The van der Waals surface area contributed by atoms with E-state index in [0.717, 1.165) is 34.6 Å². The first-order valence-electron chi connectivity index (χ1n) is 6.36. The Balaban J connectivity index is 2.16. The number of benzene rings is 1. The molecule has 102 valence electrons. The minimum atomic E-state index is -0.122. The fraction of sp³-hybridized carbons (Fsp3) is 0.400. The van der Waals surface area contributed by atoms with Crippen LogP contribution in [0.4, 0.5) is 5.69 Å². The number of anilines is 1. The van der Waals surface area contributed by atoms with Gasteiger partial charge in [0.2, 0.25) is 0 Å². The molecule has 3 nitrogen and oxygen atoms in total. The van der Waals surface area contributed by atoms with Crippen LogP contribution in [-0.4, -0.2) is 24.2 Å². The summed E-state index contributed by atoms with van der Waals surface area (Å²) in [5.74, 6) is 0. The van der Waals surface area contributed by atoms with E-state index in [0.29, 0.717) is 0 Å². The van der Waals surface area contributed by atoms with Gasteiger partial charge in [0.1, 0.15) is 0 Å². The van der Waals surface area contributed by atoms with E-state index in [1.807, 2.05) is 24.3 Å². The second-order valence-corrected chi connectivity index (χ2v) is 5.54. The summed E-state index contributed by atoms with van der Waals surface area (Å²) in [4.78, 5) is 4.40. The molecule has 2 rings (SSSR count). The number of pyridine rings is 1. The number of halogens is 1. The van der Waals surface area contributed by atoms with E-state index in [-0.39, 0.29) is 5.60 Å². The molecule has 0 fully saturated rings. The number of fused-ring (bicyclic) bond motifs is 1. The summed E-state index contributed by atoms with van der Waals surface area (Å²) in [6, 6.07) is 7.74. The summed E-state index contributed by atoms with van der Waals surface area (Å²) >= 11 is 6.17. The van der Waals surface area contributed by atoms with Crippen molar-refractivity contribution in [3.8, 4) is 0 Å². The van der Waals surface area contributed by atoms with Crippen molar-refractivity contribution in [2.24, 2.45) is 0 Å². The van der Waals surface area contributed by atoms with E-state index in [1.54, 1.807) is 13.3 Å². The zero-order chi connectivity index (χ0) is 13.9. The molecular formula is C15H19ClN2O. The molecule has 4 heteroatoms. The van der Waals surface area contributed by atoms with Crippen LogP contribution in [-0.2, 0) is 4.74 Å². The second kappa shape index (κ2) is 5.76. The van der Waals surface area contributed by atoms with Crippen molar-refractivity contribution < 1.29 is 4.74 Å². The molecule has 19 heavy (non-hydrogen) atoms. The second-order valence-electron chi connectivity index (χ2n) is 5.14. The average Bonchev–Trinajstić information content (AvgIpc) is 2.42. The normalized spacial score (nSPS) is 11.8. The monoisotopic (exact) mass is 278 g/mol. The third-order valence-corrected chi connectivity index (χ3v) is 3.64. The molecule has 0 spiro atoms. The summed E-state index contributed by atoms with van der Waals surface area (Å²) in [5.41, 5.74) is 1.79. The van der Waals surface area contributed by atoms with Crippen LogP contribution in [0.25, 0.3) is 10.9 Å². The van der Waals surface area contributed by atoms with Crippen LogP contribution in [0.15, 0.2) is 30.5 Å². The molecule has 0 aliphatic carbocycles. The van der Waals surface area contributed by atoms with Crippen molar-refractivity contribution in [1.29, 1.82) is 0 Å². The van der Waals surface area contributed by atoms with Crippen LogP contribution in [0.5, 0.6) is 0 Å². The highest BCUT2D eigenvalue weighted by Crippen LogP contribution is 2.28. The lowest BCUT2D eigenvalue weighted by molar-refractivity contribution is 0.0185. The Labute approximate surface area is 118 Å². The van der Waals surface area contributed by atoms with E-state index in [1.165, 1.54) is 0 Å². The molecule has 1 aromatic carbocycles. The van der Waals surface area contributed by atoms with Crippen molar-refractivity contribution in [1.82, 2.24) is 4.98 Å². The first-order chi connectivity index (χ1) is 9.03. The maximum Gasteiger partial charge on any atom is 0.0948 e. The van der Waals surface area contributed by atoms with Gasteiger partial charge in [-0.2, -0.15) is 0 Å². The molecular weight excluding hydrogens is 260 g/mol. The molecule has 0 saturated carbocycles. The molecule has 0 atom stereocenters. The molecule has 0 unspecified atom stereocenters. The molecule has 1 N–H and O–H groups in total. The zero-order valence-corrected chi connectivity index (χ0v) is 12.3. The topological polar surface area (TPSA) is 34.1 Å². The molecule has 0 radical (unpaired) electrons. The van der Waals surface area contributed by atoms with Crippen LogP contribution in [0, 0.1) is 0 Å². The van der Waals surface area contributed by atoms with Gasteiger partial charge in [-0.15, -0.1) is 0 Å². The summed E-state index contributed by atoms with van der Waals surface area (Å²) < 4.78 is 5.41. The Kier molecular flexibility index (Phi) is 4.27. The first-order valence-corrected chi connectivity index (χ1v) is 6.73. The number of hydrogen-bond acceptors (Lipinski definition) is 3. The van der Waals surface area contributed by atoms with Gasteiger partial charge in [-0.1, -0.05) is 11.6 Å². The smallest absolute Gasteiger partial charge is 0.0948 e. The number of nitrogens with one attached hydrogen (secondary N) is 1. The van der Waals surface area contributed by atoms with Gasteiger partial charge >= 0.3 is 0 Å². The molecule has 2 aromatic rings. The van der Waals surface area contributed by atoms with E-state index >= 15 is 0 Å². The number of nitrogens with zero attached hydrogens (tertiary/aromatic N) is 1. The van der Waals surface area contributed by atoms with Crippen molar-refractivity contribution in [3.63, 3.8) is 0 Å². The fourth-order valence-electron chi connectivity index (χ4n) is 1.88. The molecule has 0 saturated heterocycles. The van der Waals surface area contributed by atoms with Crippen LogP contribution >= 0.6 is 11.6 Å². The van der Waals surface area contributed by atoms with Gasteiger partial charge in [0.05, 0.1) is 21.8 Å². The molecule has 0 aliphatic rings. The van der Waals surface area contributed by atoms with Crippen LogP contribution in [0.3, 0.4) is 0 Å². The van der Waals surface area contributed by atoms with Crippen molar-refractivity contribution in [3.05, 3.63) is 35.5 Å². The number of ether oxygens (including phenoxy) is 1. The van der Waals surface area contributed by atoms with Crippen LogP contribution in [0.2, 0.25) is 5.02 Å². The van der Waals surface area contributed by atoms with E-state index in [2.05, 4.69) is 24.1 Å². The third-order valence-electron chi connectivity index (χ3n) is 3.31. The molecule has 1 aromatic heterocycles. The van der Waals surface area contributed by atoms with Gasteiger partial charge in [-0.3, -0.25) is 4.98 Å². The standard InChI is InChI=1S/C15H19ClN2O/c1-15(2,19-3)8-10-17-13-7-6-12(16)11-5-4-9-18-14(11)13/h4-7,9,17H,8,10H2,1-3H3. The SMILES string of the molecule is COC(C)(C)CCNc1ccc(Cl)c2cccnc12. The molecule has 0 bridgehead atoms. The lowest BCUT2D eigenvalue weighted by Crippen LogP contribution is -2.25. The Morgan fingerprint density at radius 3 is 2.84 bits per heavy atom. The van der Waals surface area contributed by atoms with E-state index in [9.17, 15) is 0 Å². The summed E-state index contributed by atoms with van der Waals surface area (Å²) in [5, 5.41) is 5.10. The van der Waals surface area contributed by atoms with Crippen molar-refractivity contribution in [2.75, 3.05) is 19.0 Å². The van der Waals surface area contributed by atoms with Gasteiger partial charge < -0.3 is 10.1 Å². The highest BCUT2D eigenvalue weighted by molar-refractivity contribution is 6.35. The fourth-order valence-corrected chi connectivity index (χ4v) is 2.10. The van der Waals surface area contributed by atoms with Gasteiger partial charge in [0.25, 0.3) is 0 Å². The lowest BCUT2D eigenvalue weighted by atomic mass is 10.1. The summed E-state index contributed by atoms with van der Waals surface area (Å²) in [6.45, 7) is 4.98. The number of aromatic nitrogens is 1. The maximum absolute atomic E-state index is 6.17. The number of rotatable bonds is 5.